The second kappa shape index (κ2) is 3.36. The summed E-state index contributed by atoms with van der Waals surface area (Å²) in [7, 11) is 0. The molecular weight excluding hydrogens is 212 g/mol. The number of hydrogen-bond acceptors (Lipinski definition) is 2. The highest BCUT2D eigenvalue weighted by Gasteiger charge is 2.59. The third-order valence-corrected chi connectivity index (χ3v) is 5.40. The Hall–Kier alpha value is -0.340. The highest BCUT2D eigenvalue weighted by Crippen LogP contribution is 2.59. The van der Waals surface area contributed by atoms with Gasteiger partial charge in [0.2, 0.25) is 0 Å². The molecule has 2 heteroatoms. The monoisotopic (exact) mass is 236 g/mol. The normalized spacial score (nSPS) is 52.4. The maximum Gasteiger partial charge on any atom is 0.0945 e. The molecule has 1 aliphatic heterocycles. The van der Waals surface area contributed by atoms with Gasteiger partial charge in [0.25, 0.3) is 0 Å². The predicted molar refractivity (Wildman–Crippen MR) is 67.7 cm³/mol. The summed E-state index contributed by atoms with van der Waals surface area (Å²) in [5, 5.41) is 10.5. The van der Waals surface area contributed by atoms with Crippen LogP contribution < -0.4 is 0 Å². The van der Waals surface area contributed by atoms with Crippen molar-refractivity contribution in [1.29, 1.82) is 0 Å². The molecule has 5 atom stereocenters. The molecule has 0 aromatic rings. The number of allylic oxidation sites excluding steroid dienone is 1. The summed E-state index contributed by atoms with van der Waals surface area (Å²) < 4.78 is 5.77. The van der Waals surface area contributed by atoms with Crippen LogP contribution in [0.25, 0.3) is 0 Å². The van der Waals surface area contributed by atoms with Gasteiger partial charge in [-0.1, -0.05) is 26.0 Å². The van der Waals surface area contributed by atoms with Crippen LogP contribution in [0.4, 0.5) is 0 Å². The quantitative estimate of drug-likeness (QED) is 0.518. The van der Waals surface area contributed by atoms with Gasteiger partial charge in [-0.05, 0) is 43.4 Å². The molecule has 0 spiro atoms. The third kappa shape index (κ3) is 1.68. The molecule has 1 N–H and O–H groups in total. The lowest BCUT2D eigenvalue weighted by Crippen LogP contribution is -2.51. The van der Waals surface area contributed by atoms with Crippen molar-refractivity contribution in [3.63, 3.8) is 0 Å². The largest absolute Gasteiger partial charge is 0.393 e. The predicted octanol–water partition coefficient (Wildman–Crippen LogP) is 2.91. The smallest absolute Gasteiger partial charge is 0.0945 e. The van der Waals surface area contributed by atoms with Gasteiger partial charge >= 0.3 is 0 Å². The van der Waals surface area contributed by atoms with E-state index in [2.05, 4.69) is 27.4 Å². The molecule has 0 unspecified atom stereocenters. The van der Waals surface area contributed by atoms with Crippen LogP contribution in [0, 0.1) is 17.3 Å². The summed E-state index contributed by atoms with van der Waals surface area (Å²) in [4.78, 5) is 0. The van der Waals surface area contributed by atoms with Crippen LogP contribution >= 0.6 is 0 Å². The maximum absolute atomic E-state index is 10.5. The van der Waals surface area contributed by atoms with Gasteiger partial charge in [-0.3, -0.25) is 0 Å². The molecule has 96 valence electrons. The Morgan fingerprint density at radius 3 is 2.65 bits per heavy atom. The highest BCUT2D eigenvalue weighted by molar-refractivity contribution is 5.18. The Morgan fingerprint density at radius 2 is 2.00 bits per heavy atom. The second-order valence-corrected chi connectivity index (χ2v) is 7.21. The summed E-state index contributed by atoms with van der Waals surface area (Å²) in [5.41, 5.74) is 1.55. The van der Waals surface area contributed by atoms with Gasteiger partial charge in [-0.25, -0.2) is 0 Å². The topological polar surface area (TPSA) is 32.8 Å². The molecule has 3 fully saturated rings. The van der Waals surface area contributed by atoms with Gasteiger partial charge in [0.05, 0.1) is 17.8 Å². The number of hydrogen-bond donors (Lipinski definition) is 1. The van der Waals surface area contributed by atoms with Gasteiger partial charge in [0.15, 0.2) is 0 Å². The Morgan fingerprint density at radius 1 is 1.29 bits per heavy atom. The van der Waals surface area contributed by atoms with Crippen molar-refractivity contribution in [3.8, 4) is 0 Å². The van der Waals surface area contributed by atoms with Crippen molar-refractivity contribution in [3.05, 3.63) is 12.2 Å². The number of rotatable bonds is 0. The van der Waals surface area contributed by atoms with E-state index in [4.69, 9.17) is 4.74 Å². The van der Waals surface area contributed by atoms with Crippen LogP contribution in [0.15, 0.2) is 12.2 Å². The van der Waals surface area contributed by atoms with Crippen LogP contribution in [-0.4, -0.2) is 22.9 Å². The van der Waals surface area contributed by atoms with E-state index in [-0.39, 0.29) is 17.1 Å². The Bertz CT molecular complexity index is 360. The van der Waals surface area contributed by atoms with E-state index in [1.165, 1.54) is 12.0 Å². The number of aliphatic hydroxyl groups excluding tert-OH is 1. The molecule has 0 bridgehead atoms. The molecule has 3 aliphatic rings. The summed E-state index contributed by atoms with van der Waals surface area (Å²) in [6.45, 7) is 10.9. The van der Waals surface area contributed by atoms with Gasteiger partial charge in [0.1, 0.15) is 0 Å². The molecule has 2 aliphatic carbocycles. The molecule has 17 heavy (non-hydrogen) atoms. The Labute approximate surface area is 104 Å². The number of epoxide rings is 1. The van der Waals surface area contributed by atoms with E-state index in [0.29, 0.717) is 17.9 Å². The van der Waals surface area contributed by atoms with Crippen molar-refractivity contribution in [1.82, 2.24) is 0 Å². The molecule has 0 amide bonds. The molecular formula is C15H24O2. The first kappa shape index (κ1) is 11.7. The third-order valence-electron chi connectivity index (χ3n) is 5.40. The zero-order valence-electron chi connectivity index (χ0n) is 11.2. The second-order valence-electron chi connectivity index (χ2n) is 7.21. The van der Waals surface area contributed by atoms with Gasteiger partial charge in [-0.15, -0.1) is 0 Å². The fourth-order valence-corrected chi connectivity index (χ4v) is 4.28. The molecule has 2 nitrogen and oxygen atoms in total. The fourth-order valence-electron chi connectivity index (χ4n) is 4.28. The number of aliphatic hydroxyl groups is 1. The maximum atomic E-state index is 10.5. The van der Waals surface area contributed by atoms with E-state index in [1.807, 2.05) is 0 Å². The first-order valence-electron chi connectivity index (χ1n) is 6.87. The molecule has 1 heterocycles. The van der Waals surface area contributed by atoms with E-state index in [9.17, 15) is 5.11 Å². The minimum absolute atomic E-state index is 0.0553. The molecule has 0 radical (unpaired) electrons. The summed E-state index contributed by atoms with van der Waals surface area (Å²) in [6, 6.07) is 0. The van der Waals surface area contributed by atoms with E-state index in [0.717, 1.165) is 19.3 Å². The first-order valence-corrected chi connectivity index (χ1v) is 6.87. The Kier molecular flexibility index (Phi) is 2.32. The van der Waals surface area contributed by atoms with Crippen molar-refractivity contribution >= 4 is 0 Å². The van der Waals surface area contributed by atoms with Crippen LogP contribution in [0.2, 0.25) is 0 Å². The van der Waals surface area contributed by atoms with E-state index >= 15 is 0 Å². The lowest BCUT2D eigenvalue weighted by atomic mass is 9.51. The number of ether oxygens (including phenoxy) is 1. The summed E-state index contributed by atoms with van der Waals surface area (Å²) >= 11 is 0. The molecule has 2 saturated carbocycles. The molecule has 3 rings (SSSR count). The molecule has 1 saturated heterocycles. The average molecular weight is 236 g/mol. The number of fused-ring (bicyclic) bond motifs is 2. The Balaban J connectivity index is 1.85. The SMILES string of the molecule is C=C1CC[C@H]2O[C@]2(C)C[C@H](O)[C@@H]2[C@@H]1CC2(C)C. The minimum Gasteiger partial charge on any atom is -0.393 e. The van der Waals surface area contributed by atoms with Gasteiger partial charge < -0.3 is 9.84 Å². The van der Waals surface area contributed by atoms with Crippen molar-refractivity contribution in [2.45, 2.75) is 64.3 Å². The van der Waals surface area contributed by atoms with Crippen LogP contribution in [0.1, 0.15) is 46.5 Å². The molecule has 0 aromatic carbocycles. The zero-order valence-corrected chi connectivity index (χ0v) is 11.2. The first-order chi connectivity index (χ1) is 7.83. The van der Waals surface area contributed by atoms with Gasteiger partial charge in [0, 0.05) is 6.42 Å². The van der Waals surface area contributed by atoms with E-state index < -0.39 is 0 Å². The van der Waals surface area contributed by atoms with Crippen LogP contribution in [-0.2, 0) is 4.74 Å². The van der Waals surface area contributed by atoms with Crippen molar-refractivity contribution in [2.75, 3.05) is 0 Å². The van der Waals surface area contributed by atoms with Crippen LogP contribution in [0.5, 0.6) is 0 Å². The van der Waals surface area contributed by atoms with Crippen molar-refractivity contribution < 1.29 is 9.84 Å². The molecule has 0 aromatic heterocycles. The van der Waals surface area contributed by atoms with Crippen LogP contribution in [0.3, 0.4) is 0 Å². The zero-order chi connectivity index (χ0) is 12.4. The van der Waals surface area contributed by atoms with Gasteiger partial charge in [-0.2, -0.15) is 0 Å². The lowest BCUT2D eigenvalue weighted by Gasteiger charge is -2.54. The fraction of sp³-hybridized carbons (Fsp3) is 0.867. The summed E-state index contributed by atoms with van der Waals surface area (Å²) in [6.07, 6.45) is 4.28. The highest BCUT2D eigenvalue weighted by atomic mass is 16.6. The van der Waals surface area contributed by atoms with Crippen molar-refractivity contribution in [2.24, 2.45) is 17.3 Å². The lowest BCUT2D eigenvalue weighted by molar-refractivity contribution is -0.0883. The van der Waals surface area contributed by atoms with E-state index in [1.54, 1.807) is 0 Å². The standard InChI is InChI=1S/C15H24O2/c1-9-5-6-12-15(4,17-12)8-11(16)13-10(9)7-14(13,2)3/h10-13,16H,1,5-8H2,2-4H3/t10-,11+,12-,13+,15-/m1/s1. The average Bonchev–Trinajstić information content (AvgIpc) is 2.80. The summed E-state index contributed by atoms with van der Waals surface area (Å²) in [5.74, 6) is 0.927. The minimum atomic E-state index is -0.228.